The van der Waals surface area contributed by atoms with Crippen LogP contribution in [0.15, 0.2) is 36.4 Å². The Morgan fingerprint density at radius 2 is 1.76 bits per heavy atom. The maximum absolute atomic E-state index is 12.6. The molecule has 0 unspecified atom stereocenters. The molecular formula is C22H30N2O4S. The molecule has 2 aromatic carbocycles. The molecule has 2 aromatic rings. The van der Waals surface area contributed by atoms with Crippen LogP contribution < -0.4 is 14.4 Å². The third-order valence-electron chi connectivity index (χ3n) is 5.05. The summed E-state index contributed by atoms with van der Waals surface area (Å²) in [5, 5.41) is 2.77. The van der Waals surface area contributed by atoms with E-state index in [0.717, 1.165) is 38.6 Å². The molecular weight excluding hydrogens is 388 g/mol. The molecule has 0 radical (unpaired) electrons. The lowest BCUT2D eigenvalue weighted by Crippen LogP contribution is -2.48. The Hall–Kier alpha value is -2.54. The quantitative estimate of drug-likeness (QED) is 0.668. The Kier molecular flexibility index (Phi) is 7.30. The second-order valence-corrected chi connectivity index (χ2v) is 9.20. The summed E-state index contributed by atoms with van der Waals surface area (Å²) in [6, 6.07) is 10.3. The lowest BCUT2D eigenvalue weighted by molar-refractivity contribution is -0.121. The van der Waals surface area contributed by atoms with E-state index in [2.05, 4.69) is 5.32 Å². The topological polar surface area (TPSA) is 75.7 Å². The van der Waals surface area contributed by atoms with Crippen LogP contribution >= 0.6 is 0 Å². The van der Waals surface area contributed by atoms with Gasteiger partial charge < -0.3 is 10.1 Å². The zero-order valence-electron chi connectivity index (χ0n) is 17.9. The molecule has 0 aliphatic carbocycles. The van der Waals surface area contributed by atoms with Crippen molar-refractivity contribution in [1.29, 1.82) is 0 Å². The van der Waals surface area contributed by atoms with E-state index in [0.29, 0.717) is 12.3 Å². The number of benzene rings is 2. The third kappa shape index (κ3) is 5.73. The Bertz CT molecular complexity index is 986. The van der Waals surface area contributed by atoms with E-state index >= 15 is 0 Å². The summed E-state index contributed by atoms with van der Waals surface area (Å²) in [6.07, 6.45) is 1.11. The van der Waals surface area contributed by atoms with Crippen molar-refractivity contribution in [3.63, 3.8) is 0 Å². The predicted octanol–water partition coefficient (Wildman–Crippen LogP) is 3.27. The second-order valence-electron chi connectivity index (χ2n) is 7.34. The highest BCUT2D eigenvalue weighted by Crippen LogP contribution is 2.24. The van der Waals surface area contributed by atoms with Gasteiger partial charge in [0.15, 0.2) is 0 Å². The first-order valence-electron chi connectivity index (χ1n) is 9.55. The van der Waals surface area contributed by atoms with E-state index in [1.54, 1.807) is 19.1 Å². The van der Waals surface area contributed by atoms with Crippen LogP contribution in [0, 0.1) is 27.7 Å². The van der Waals surface area contributed by atoms with Gasteiger partial charge in [-0.2, -0.15) is 0 Å². The van der Waals surface area contributed by atoms with Gasteiger partial charge in [0.05, 0.1) is 18.5 Å². The summed E-state index contributed by atoms with van der Waals surface area (Å²) in [5.74, 6) is 0.401. The molecule has 0 aromatic heterocycles. The summed E-state index contributed by atoms with van der Waals surface area (Å²) >= 11 is 0. The van der Waals surface area contributed by atoms with Gasteiger partial charge in [-0.15, -0.1) is 0 Å². The van der Waals surface area contributed by atoms with Crippen LogP contribution in [0.2, 0.25) is 0 Å². The summed E-state index contributed by atoms with van der Waals surface area (Å²) in [7, 11) is -3.63. The fourth-order valence-electron chi connectivity index (χ4n) is 3.03. The molecule has 1 atom stereocenters. The number of rotatable bonds is 8. The Morgan fingerprint density at radius 1 is 1.07 bits per heavy atom. The molecule has 0 aliphatic rings. The number of amides is 1. The molecule has 0 heterocycles. The van der Waals surface area contributed by atoms with E-state index in [9.17, 15) is 13.2 Å². The highest BCUT2D eigenvalue weighted by molar-refractivity contribution is 7.92. The number of nitrogens with zero attached hydrogens (tertiary/aromatic N) is 1. The van der Waals surface area contributed by atoms with Gasteiger partial charge in [0.2, 0.25) is 15.9 Å². The van der Waals surface area contributed by atoms with Crippen molar-refractivity contribution < 1.29 is 17.9 Å². The number of carbonyl (C=O) groups excluding carboxylic acids is 1. The zero-order chi connectivity index (χ0) is 21.8. The molecule has 0 aliphatic heterocycles. The Morgan fingerprint density at radius 3 is 2.38 bits per heavy atom. The van der Waals surface area contributed by atoms with Gasteiger partial charge in [0.1, 0.15) is 18.4 Å². The fourth-order valence-corrected chi connectivity index (χ4v) is 4.20. The first-order valence-corrected chi connectivity index (χ1v) is 11.4. The second kappa shape index (κ2) is 9.31. The van der Waals surface area contributed by atoms with E-state index < -0.39 is 16.1 Å². The van der Waals surface area contributed by atoms with Crippen molar-refractivity contribution in [1.82, 2.24) is 5.32 Å². The largest absolute Gasteiger partial charge is 0.491 e. The van der Waals surface area contributed by atoms with E-state index in [-0.39, 0.29) is 12.5 Å². The minimum Gasteiger partial charge on any atom is -0.491 e. The standard InChI is InChI=1S/C22H30N2O4S/c1-15-10-11-20(14-17(15)3)24(29(6,26)27)19(5)22(25)23-12-13-28-21-9-7-8-16(2)18(21)4/h7-11,14,19H,12-13H2,1-6H3,(H,23,25)/t19-/m1/s1. The smallest absolute Gasteiger partial charge is 0.243 e. The first-order chi connectivity index (χ1) is 13.5. The molecule has 6 nitrogen and oxygen atoms in total. The van der Waals surface area contributed by atoms with Gasteiger partial charge in [0.25, 0.3) is 0 Å². The average molecular weight is 419 g/mol. The van der Waals surface area contributed by atoms with Crippen molar-refractivity contribution in [3.8, 4) is 5.75 Å². The molecule has 7 heteroatoms. The van der Waals surface area contributed by atoms with Crippen LogP contribution in [0.25, 0.3) is 0 Å². The highest BCUT2D eigenvalue weighted by atomic mass is 32.2. The number of anilines is 1. The van der Waals surface area contributed by atoms with Crippen molar-refractivity contribution in [2.45, 2.75) is 40.7 Å². The van der Waals surface area contributed by atoms with Gasteiger partial charge in [-0.1, -0.05) is 18.2 Å². The summed E-state index contributed by atoms with van der Waals surface area (Å²) in [5.41, 5.74) is 4.70. The van der Waals surface area contributed by atoms with E-state index in [1.165, 1.54) is 0 Å². The maximum atomic E-state index is 12.6. The lowest BCUT2D eigenvalue weighted by atomic mass is 10.1. The number of hydrogen-bond donors (Lipinski definition) is 1. The number of ether oxygens (including phenoxy) is 1. The minimum atomic E-state index is -3.63. The molecule has 0 fully saturated rings. The first kappa shape index (κ1) is 22.7. The molecule has 0 spiro atoms. The SMILES string of the molecule is Cc1ccc(N([C@H](C)C(=O)NCCOc2cccc(C)c2C)S(C)(=O)=O)cc1C. The van der Waals surface area contributed by atoms with Gasteiger partial charge in [-0.3, -0.25) is 9.10 Å². The molecule has 0 saturated carbocycles. The summed E-state index contributed by atoms with van der Waals surface area (Å²) < 4.78 is 31.7. The van der Waals surface area contributed by atoms with E-state index in [1.807, 2.05) is 52.0 Å². The molecule has 1 N–H and O–H groups in total. The molecule has 2 rings (SSSR count). The molecule has 1 amide bonds. The van der Waals surface area contributed by atoms with Crippen LogP contribution in [0.4, 0.5) is 5.69 Å². The van der Waals surface area contributed by atoms with Gasteiger partial charge >= 0.3 is 0 Å². The number of hydrogen-bond acceptors (Lipinski definition) is 4. The molecule has 29 heavy (non-hydrogen) atoms. The third-order valence-corrected chi connectivity index (χ3v) is 6.29. The monoisotopic (exact) mass is 418 g/mol. The van der Waals surface area contributed by atoms with Crippen molar-refractivity contribution in [3.05, 3.63) is 58.7 Å². The number of aryl methyl sites for hydroxylation is 3. The number of nitrogens with one attached hydrogen (secondary N) is 1. The minimum absolute atomic E-state index is 0.279. The van der Waals surface area contributed by atoms with Crippen molar-refractivity contribution in [2.75, 3.05) is 23.7 Å². The summed E-state index contributed by atoms with van der Waals surface area (Å²) in [4.78, 5) is 12.6. The van der Waals surface area contributed by atoms with Crippen LogP contribution in [-0.4, -0.2) is 39.8 Å². The average Bonchev–Trinajstić information content (AvgIpc) is 2.63. The maximum Gasteiger partial charge on any atom is 0.243 e. The van der Waals surface area contributed by atoms with Crippen LogP contribution in [0.1, 0.15) is 29.2 Å². The molecule has 158 valence electrons. The number of sulfonamides is 1. The van der Waals surface area contributed by atoms with Gasteiger partial charge in [-0.05, 0) is 75.1 Å². The van der Waals surface area contributed by atoms with Crippen molar-refractivity contribution >= 4 is 21.6 Å². The fraction of sp³-hybridized carbons (Fsp3) is 0.409. The Balaban J connectivity index is 2.03. The van der Waals surface area contributed by atoms with Gasteiger partial charge in [-0.25, -0.2) is 8.42 Å². The van der Waals surface area contributed by atoms with Gasteiger partial charge in [0, 0.05) is 0 Å². The Labute approximate surface area is 173 Å². The summed E-state index contributed by atoms with van der Waals surface area (Å²) in [6.45, 7) is 10.0. The molecule has 0 saturated heterocycles. The zero-order valence-corrected chi connectivity index (χ0v) is 18.8. The van der Waals surface area contributed by atoms with Crippen molar-refractivity contribution in [2.24, 2.45) is 0 Å². The van der Waals surface area contributed by atoms with Crippen LogP contribution in [0.5, 0.6) is 5.75 Å². The molecule has 0 bridgehead atoms. The normalized spacial score (nSPS) is 12.3. The number of carbonyl (C=O) groups is 1. The lowest BCUT2D eigenvalue weighted by Gasteiger charge is -2.28. The highest BCUT2D eigenvalue weighted by Gasteiger charge is 2.29. The van der Waals surface area contributed by atoms with Crippen LogP contribution in [0.3, 0.4) is 0 Å². The van der Waals surface area contributed by atoms with E-state index in [4.69, 9.17) is 4.74 Å². The predicted molar refractivity (Wildman–Crippen MR) is 117 cm³/mol. The van der Waals surface area contributed by atoms with Crippen LogP contribution in [-0.2, 0) is 14.8 Å².